The van der Waals surface area contributed by atoms with Gasteiger partial charge in [0.05, 0.1) is 6.61 Å². The van der Waals surface area contributed by atoms with Crippen molar-refractivity contribution in [1.29, 1.82) is 0 Å². The molecular weight excluding hydrogens is 436 g/mol. The van der Waals surface area contributed by atoms with Crippen molar-refractivity contribution in [3.8, 4) is 0 Å². The van der Waals surface area contributed by atoms with Crippen LogP contribution >= 0.6 is 0 Å². The molecule has 0 aliphatic carbocycles. The molecule has 0 aromatic heterocycles. The first-order chi connectivity index (χ1) is 15.8. The highest BCUT2D eigenvalue weighted by molar-refractivity contribution is 6.02. The zero-order valence-corrected chi connectivity index (χ0v) is 19.9. The quantitative estimate of drug-likeness (QED) is 0.301. The van der Waals surface area contributed by atoms with Crippen LogP contribution in [0.4, 0.5) is 0 Å². The van der Waals surface area contributed by atoms with Crippen LogP contribution in [-0.2, 0) is 42.9 Å². The van der Waals surface area contributed by atoms with Crippen LogP contribution in [0.1, 0.15) is 40.0 Å². The van der Waals surface area contributed by atoms with Crippen LogP contribution in [0.3, 0.4) is 0 Å². The average Bonchev–Trinajstić information content (AvgIpc) is 3.42. The first-order valence-electron chi connectivity index (χ1n) is 11.1. The number of hydrogen-bond acceptors (Lipinski definition) is 9. The van der Waals surface area contributed by atoms with Crippen molar-refractivity contribution in [2.45, 2.75) is 57.8 Å². The number of ether oxygens (including phenoxy) is 5. The molecule has 2 aliphatic rings. The summed E-state index contributed by atoms with van der Waals surface area (Å²) >= 11 is 0. The smallest absolute Gasteiger partial charge is 0.364 e. The monoisotopic (exact) mass is 470 g/mol. The van der Waals surface area contributed by atoms with Gasteiger partial charge in [-0.3, -0.25) is 14.5 Å². The second kappa shape index (κ2) is 12.1. The molecule has 1 fully saturated rings. The lowest BCUT2D eigenvalue weighted by molar-refractivity contribution is -0.215. The molecule has 0 saturated carbocycles. The largest absolute Gasteiger partial charge is 0.462 e. The van der Waals surface area contributed by atoms with E-state index in [1.165, 1.54) is 31.3 Å². The zero-order chi connectivity index (χ0) is 24.6. The number of esters is 2. The van der Waals surface area contributed by atoms with Crippen molar-refractivity contribution < 1.29 is 42.9 Å². The lowest BCUT2D eigenvalue weighted by atomic mass is 9.94. The molecule has 11 heteroatoms. The Bertz CT molecular complexity index is 756. The average molecular weight is 471 g/mol. The van der Waals surface area contributed by atoms with Crippen molar-refractivity contribution in [1.82, 2.24) is 9.80 Å². The molecule has 0 N–H and O–H groups in total. The Morgan fingerprint density at radius 2 is 1.85 bits per heavy atom. The second-order valence-corrected chi connectivity index (χ2v) is 7.90. The van der Waals surface area contributed by atoms with Gasteiger partial charge in [-0.1, -0.05) is 20.3 Å². The van der Waals surface area contributed by atoms with Gasteiger partial charge < -0.3 is 28.6 Å². The molecule has 4 atom stereocenters. The Morgan fingerprint density at radius 1 is 1.15 bits per heavy atom. The molecule has 11 nitrogen and oxygen atoms in total. The first-order valence-corrected chi connectivity index (χ1v) is 11.1. The number of nitrogens with zero attached hydrogens (tertiary/aromatic N) is 2. The molecule has 33 heavy (non-hydrogen) atoms. The minimum absolute atomic E-state index is 0.0499. The molecule has 2 aliphatic heterocycles. The SMILES string of the molecule is CCOC(=O)[C@]1(OCOC)C=CC(=O)N1[C@H](C(=O)N1CCC[C@H]1C(=O)OCOC)[C@@H](C)CC. The van der Waals surface area contributed by atoms with Crippen LogP contribution in [0.15, 0.2) is 12.2 Å². The summed E-state index contributed by atoms with van der Waals surface area (Å²) in [7, 11) is 2.77. The van der Waals surface area contributed by atoms with Crippen molar-refractivity contribution >= 4 is 23.8 Å². The third-order valence-corrected chi connectivity index (χ3v) is 5.85. The van der Waals surface area contributed by atoms with E-state index in [2.05, 4.69) is 0 Å². The number of likely N-dealkylation sites (tertiary alicyclic amines) is 1. The number of rotatable bonds is 12. The highest BCUT2D eigenvalue weighted by atomic mass is 16.7. The molecule has 0 aromatic rings. The van der Waals surface area contributed by atoms with Gasteiger partial charge in [-0.2, -0.15) is 0 Å². The van der Waals surface area contributed by atoms with E-state index in [0.717, 1.165) is 4.90 Å². The summed E-state index contributed by atoms with van der Waals surface area (Å²) in [6, 6.07) is -1.89. The summed E-state index contributed by atoms with van der Waals surface area (Å²) in [6.07, 6.45) is 4.01. The van der Waals surface area contributed by atoms with Gasteiger partial charge in [-0.05, 0) is 31.8 Å². The maximum Gasteiger partial charge on any atom is 0.364 e. The molecule has 0 bridgehead atoms. The standard InChI is InChI=1S/C22H34N2O9/c1-6-15(3)18(19(26)23-12-8-9-16(23)20(27)32-13-29-4)24-17(25)10-11-22(24,33-14-30-5)21(28)31-7-2/h10-11,15-16,18H,6-9,12-14H2,1-5H3/t15-,16-,18-,22+/m0/s1. The summed E-state index contributed by atoms with van der Waals surface area (Å²) in [5, 5.41) is 0. The van der Waals surface area contributed by atoms with E-state index in [4.69, 9.17) is 23.7 Å². The highest BCUT2D eigenvalue weighted by Gasteiger charge is 2.57. The Hall–Kier alpha value is -2.50. The molecule has 0 radical (unpaired) electrons. The predicted molar refractivity (Wildman–Crippen MR) is 114 cm³/mol. The van der Waals surface area contributed by atoms with Gasteiger partial charge in [0.25, 0.3) is 5.72 Å². The van der Waals surface area contributed by atoms with Crippen LogP contribution in [0.2, 0.25) is 0 Å². The van der Waals surface area contributed by atoms with Gasteiger partial charge in [0.1, 0.15) is 18.9 Å². The second-order valence-electron chi connectivity index (χ2n) is 7.90. The van der Waals surface area contributed by atoms with Crippen molar-refractivity contribution in [3.05, 3.63) is 12.2 Å². The Kier molecular flexibility index (Phi) is 9.81. The van der Waals surface area contributed by atoms with Crippen molar-refractivity contribution in [3.63, 3.8) is 0 Å². The summed E-state index contributed by atoms with van der Waals surface area (Å²) in [6.45, 7) is 5.13. The summed E-state index contributed by atoms with van der Waals surface area (Å²) in [5.41, 5.74) is -1.96. The van der Waals surface area contributed by atoms with Crippen LogP contribution in [0, 0.1) is 5.92 Å². The number of carbonyl (C=O) groups excluding carboxylic acids is 4. The minimum Gasteiger partial charge on any atom is -0.462 e. The predicted octanol–water partition coefficient (Wildman–Crippen LogP) is 0.818. The number of hydrogen-bond donors (Lipinski definition) is 0. The van der Waals surface area contributed by atoms with Gasteiger partial charge >= 0.3 is 11.9 Å². The summed E-state index contributed by atoms with van der Waals surface area (Å²) in [5.74, 6) is -2.81. The third kappa shape index (κ3) is 5.53. The Morgan fingerprint density at radius 3 is 2.45 bits per heavy atom. The van der Waals surface area contributed by atoms with E-state index in [1.807, 2.05) is 6.92 Å². The Labute approximate surface area is 193 Å². The minimum atomic E-state index is -1.96. The summed E-state index contributed by atoms with van der Waals surface area (Å²) < 4.78 is 25.7. The van der Waals surface area contributed by atoms with E-state index >= 15 is 0 Å². The molecular formula is C22H34N2O9. The van der Waals surface area contributed by atoms with Gasteiger partial charge in [-0.15, -0.1) is 0 Å². The summed E-state index contributed by atoms with van der Waals surface area (Å²) in [4.78, 5) is 54.9. The number of amides is 2. The van der Waals surface area contributed by atoms with E-state index < -0.39 is 41.6 Å². The maximum atomic E-state index is 13.8. The third-order valence-electron chi connectivity index (χ3n) is 5.85. The van der Waals surface area contributed by atoms with Gasteiger partial charge in [0, 0.05) is 26.8 Å². The van der Waals surface area contributed by atoms with E-state index in [-0.39, 0.29) is 26.1 Å². The van der Waals surface area contributed by atoms with Crippen LogP contribution in [0.25, 0.3) is 0 Å². The molecule has 0 unspecified atom stereocenters. The van der Waals surface area contributed by atoms with E-state index in [1.54, 1.807) is 13.8 Å². The lowest BCUT2D eigenvalue weighted by Gasteiger charge is -2.43. The molecule has 2 rings (SSSR count). The zero-order valence-electron chi connectivity index (χ0n) is 19.9. The molecule has 2 amide bonds. The van der Waals surface area contributed by atoms with E-state index in [0.29, 0.717) is 25.8 Å². The van der Waals surface area contributed by atoms with Crippen LogP contribution < -0.4 is 0 Å². The van der Waals surface area contributed by atoms with Crippen LogP contribution in [0.5, 0.6) is 0 Å². The van der Waals surface area contributed by atoms with Gasteiger partial charge in [-0.25, -0.2) is 9.59 Å². The Balaban J connectivity index is 2.46. The fourth-order valence-corrected chi connectivity index (χ4v) is 4.07. The first kappa shape index (κ1) is 26.7. The molecule has 0 aromatic carbocycles. The molecule has 0 spiro atoms. The maximum absolute atomic E-state index is 13.8. The van der Waals surface area contributed by atoms with Crippen LogP contribution in [-0.4, -0.2) is 92.3 Å². The molecule has 186 valence electrons. The van der Waals surface area contributed by atoms with E-state index in [9.17, 15) is 19.2 Å². The molecule has 1 saturated heterocycles. The van der Waals surface area contributed by atoms with Crippen molar-refractivity contribution in [2.24, 2.45) is 5.92 Å². The van der Waals surface area contributed by atoms with Gasteiger partial charge in [0.15, 0.2) is 6.79 Å². The van der Waals surface area contributed by atoms with Crippen molar-refractivity contribution in [2.75, 3.05) is 41.0 Å². The fraction of sp³-hybridized carbons (Fsp3) is 0.727. The number of methoxy groups -OCH3 is 2. The number of carbonyl (C=O) groups is 4. The highest BCUT2D eigenvalue weighted by Crippen LogP contribution is 2.35. The fourth-order valence-electron chi connectivity index (χ4n) is 4.07. The lowest BCUT2D eigenvalue weighted by Crippen LogP contribution is -2.64. The van der Waals surface area contributed by atoms with Gasteiger partial charge in [0.2, 0.25) is 11.8 Å². The topological polar surface area (TPSA) is 121 Å². The molecule has 2 heterocycles. The normalized spacial score (nSPS) is 24.2.